The summed E-state index contributed by atoms with van der Waals surface area (Å²) in [5.74, 6) is 1.69. The lowest BCUT2D eigenvalue weighted by atomic mass is 9.92. The Morgan fingerprint density at radius 1 is 0.242 bits per heavy atom. The van der Waals surface area contributed by atoms with Gasteiger partial charge in [-0.1, -0.05) is 200 Å². The van der Waals surface area contributed by atoms with Gasteiger partial charge >= 0.3 is 0 Å². The van der Waals surface area contributed by atoms with Crippen molar-refractivity contribution < 1.29 is 0 Å². The number of hydrogen-bond donors (Lipinski definition) is 0. The van der Waals surface area contributed by atoms with E-state index >= 15 is 0 Å². The van der Waals surface area contributed by atoms with Gasteiger partial charge in [0.15, 0.2) is 5.82 Å². The van der Waals surface area contributed by atoms with Gasteiger partial charge in [-0.15, -0.1) is 0 Å². The Labute approximate surface area is 358 Å². The van der Waals surface area contributed by atoms with Crippen molar-refractivity contribution in [1.29, 1.82) is 0 Å². The standard InChI is InChI=1S/C57H37N5/c1-3-17-38(18-4-1)42-35-36-49-48-26-13-16-30-53(48)62(54(49)37-42)57-59-55(58-56(60-57)61-51-28-14-11-24-46(51)47-25-12-15-29-52(47)61)50-27-10-9-23-45(50)41-33-31-40(32-34-41)44-22-8-7-21-43(44)39-19-5-2-6-20-39/h1-37H. The zero-order valence-corrected chi connectivity index (χ0v) is 33.6. The van der Waals surface area contributed by atoms with Gasteiger partial charge in [-0.05, 0) is 68.8 Å². The maximum Gasteiger partial charge on any atom is 0.240 e. The van der Waals surface area contributed by atoms with Crippen molar-refractivity contribution in [3.05, 3.63) is 224 Å². The lowest BCUT2D eigenvalue weighted by Gasteiger charge is -2.15. The van der Waals surface area contributed by atoms with Gasteiger partial charge in [0.1, 0.15) is 0 Å². The molecule has 0 fully saturated rings. The van der Waals surface area contributed by atoms with Gasteiger partial charge in [-0.2, -0.15) is 15.0 Å². The Kier molecular flexibility index (Phi) is 8.42. The van der Waals surface area contributed by atoms with Crippen LogP contribution in [0.25, 0.3) is 111 Å². The van der Waals surface area contributed by atoms with E-state index in [2.05, 4.69) is 234 Å². The predicted molar refractivity (Wildman–Crippen MR) is 256 cm³/mol. The summed E-state index contributed by atoms with van der Waals surface area (Å²) in [5.41, 5.74) is 14.2. The van der Waals surface area contributed by atoms with Crippen LogP contribution in [-0.2, 0) is 0 Å². The summed E-state index contributed by atoms with van der Waals surface area (Å²) in [6.07, 6.45) is 0. The molecule has 0 bridgehead atoms. The van der Waals surface area contributed by atoms with Gasteiger partial charge in [0, 0.05) is 27.1 Å². The van der Waals surface area contributed by atoms with Gasteiger partial charge in [0.2, 0.25) is 11.9 Å². The molecule has 0 atom stereocenters. The maximum absolute atomic E-state index is 5.44. The highest BCUT2D eigenvalue weighted by atomic mass is 15.3. The largest absolute Gasteiger partial charge is 0.278 e. The molecular formula is C57H37N5. The second-order valence-electron chi connectivity index (χ2n) is 15.6. The van der Waals surface area contributed by atoms with Crippen LogP contribution in [-0.4, -0.2) is 24.1 Å². The van der Waals surface area contributed by atoms with Crippen LogP contribution >= 0.6 is 0 Å². The van der Waals surface area contributed by atoms with E-state index in [-0.39, 0.29) is 0 Å². The third kappa shape index (κ3) is 5.90. The van der Waals surface area contributed by atoms with E-state index in [9.17, 15) is 0 Å². The zero-order valence-electron chi connectivity index (χ0n) is 33.6. The summed E-state index contributed by atoms with van der Waals surface area (Å²) in [6, 6.07) is 79.2. The second kappa shape index (κ2) is 14.7. The first-order valence-corrected chi connectivity index (χ1v) is 21.0. The molecule has 5 heteroatoms. The van der Waals surface area contributed by atoms with E-state index in [1.807, 2.05) is 0 Å². The fraction of sp³-hybridized carbons (Fsp3) is 0. The van der Waals surface area contributed by atoms with Crippen LogP contribution in [0.1, 0.15) is 0 Å². The Morgan fingerprint density at radius 3 is 1.11 bits per heavy atom. The van der Waals surface area contributed by atoms with Crippen LogP contribution in [0.2, 0.25) is 0 Å². The molecule has 0 saturated carbocycles. The van der Waals surface area contributed by atoms with Crippen molar-refractivity contribution in [1.82, 2.24) is 24.1 Å². The molecule has 12 aromatic rings. The first-order valence-electron chi connectivity index (χ1n) is 21.0. The number of benzene rings is 9. The minimum atomic E-state index is 0.547. The number of aromatic nitrogens is 5. The smallest absolute Gasteiger partial charge is 0.240 e. The average molecular weight is 792 g/mol. The third-order valence-corrected chi connectivity index (χ3v) is 12.1. The molecule has 0 spiro atoms. The average Bonchev–Trinajstić information content (AvgIpc) is 3.87. The zero-order chi connectivity index (χ0) is 41.0. The predicted octanol–water partition coefficient (Wildman–Crippen LogP) is 14.4. The summed E-state index contributed by atoms with van der Waals surface area (Å²) in [4.78, 5) is 16.3. The van der Waals surface area contributed by atoms with Crippen LogP contribution in [0, 0.1) is 0 Å². The van der Waals surface area contributed by atoms with E-state index < -0.39 is 0 Å². The van der Waals surface area contributed by atoms with Crippen molar-refractivity contribution in [3.8, 4) is 67.8 Å². The van der Waals surface area contributed by atoms with Crippen molar-refractivity contribution in [2.75, 3.05) is 0 Å². The Bertz CT molecular complexity index is 3570. The lowest BCUT2D eigenvalue weighted by molar-refractivity contribution is 0.893. The van der Waals surface area contributed by atoms with Crippen LogP contribution in [0.5, 0.6) is 0 Å². The van der Waals surface area contributed by atoms with Gasteiger partial charge < -0.3 is 0 Å². The van der Waals surface area contributed by atoms with Gasteiger partial charge in [0.25, 0.3) is 0 Å². The van der Waals surface area contributed by atoms with Crippen LogP contribution in [0.4, 0.5) is 0 Å². The summed E-state index contributed by atoms with van der Waals surface area (Å²) < 4.78 is 4.39. The monoisotopic (exact) mass is 791 g/mol. The van der Waals surface area contributed by atoms with E-state index in [1.54, 1.807) is 0 Å². The normalized spacial score (nSPS) is 11.5. The molecule has 62 heavy (non-hydrogen) atoms. The Morgan fingerprint density at radius 2 is 0.597 bits per heavy atom. The third-order valence-electron chi connectivity index (χ3n) is 12.1. The quantitative estimate of drug-likeness (QED) is 0.162. The van der Waals surface area contributed by atoms with Crippen molar-refractivity contribution in [2.24, 2.45) is 0 Å². The highest BCUT2D eigenvalue weighted by Gasteiger charge is 2.22. The molecular weight excluding hydrogens is 755 g/mol. The lowest BCUT2D eigenvalue weighted by Crippen LogP contribution is -2.10. The minimum absolute atomic E-state index is 0.547. The highest BCUT2D eigenvalue weighted by molar-refractivity contribution is 6.11. The van der Waals surface area contributed by atoms with Gasteiger partial charge in [-0.3, -0.25) is 9.13 Å². The molecule has 12 rings (SSSR count). The molecule has 0 N–H and O–H groups in total. The summed E-state index contributed by atoms with van der Waals surface area (Å²) >= 11 is 0. The number of fused-ring (bicyclic) bond motifs is 6. The minimum Gasteiger partial charge on any atom is -0.278 e. The van der Waals surface area contributed by atoms with Crippen molar-refractivity contribution in [3.63, 3.8) is 0 Å². The molecule has 290 valence electrons. The van der Waals surface area contributed by atoms with Gasteiger partial charge in [-0.25, -0.2) is 0 Å². The maximum atomic E-state index is 5.44. The molecule has 0 amide bonds. The number of para-hydroxylation sites is 3. The fourth-order valence-corrected chi connectivity index (χ4v) is 9.17. The molecule has 3 aromatic heterocycles. The summed E-state index contributed by atoms with van der Waals surface area (Å²) in [7, 11) is 0. The molecule has 0 unspecified atom stereocenters. The molecule has 3 heterocycles. The first-order chi connectivity index (χ1) is 30.8. The molecule has 0 radical (unpaired) electrons. The SMILES string of the molecule is c1ccc(-c2ccc3c4ccccc4n(-c4nc(-c5ccccc5-c5ccc(-c6ccccc6-c6ccccc6)cc5)nc(-n5c6ccccc6c6ccccc65)n4)c3c2)cc1. The summed E-state index contributed by atoms with van der Waals surface area (Å²) in [6.45, 7) is 0. The Hall–Kier alpha value is -8.41. The van der Waals surface area contributed by atoms with Gasteiger partial charge in [0.05, 0.1) is 22.1 Å². The number of nitrogens with zero attached hydrogens (tertiary/aromatic N) is 5. The topological polar surface area (TPSA) is 48.5 Å². The molecule has 0 aliphatic heterocycles. The second-order valence-corrected chi connectivity index (χ2v) is 15.6. The van der Waals surface area contributed by atoms with E-state index in [1.165, 1.54) is 16.7 Å². The van der Waals surface area contributed by atoms with E-state index in [0.717, 1.165) is 77.0 Å². The van der Waals surface area contributed by atoms with Crippen LogP contribution in [0.15, 0.2) is 224 Å². The molecule has 0 aliphatic carbocycles. The fourth-order valence-electron chi connectivity index (χ4n) is 9.17. The highest BCUT2D eigenvalue weighted by Crippen LogP contribution is 2.39. The van der Waals surface area contributed by atoms with Crippen LogP contribution < -0.4 is 0 Å². The molecule has 0 aliphatic rings. The molecule has 9 aromatic carbocycles. The molecule has 0 saturated heterocycles. The summed E-state index contributed by atoms with van der Waals surface area (Å²) in [5, 5.41) is 4.56. The van der Waals surface area contributed by atoms with Crippen LogP contribution in [0.3, 0.4) is 0 Å². The Balaban J connectivity index is 1.09. The molecule has 5 nitrogen and oxygen atoms in total. The van der Waals surface area contributed by atoms with E-state index in [4.69, 9.17) is 15.0 Å². The van der Waals surface area contributed by atoms with E-state index in [0.29, 0.717) is 17.7 Å². The number of rotatable bonds is 7. The first kappa shape index (κ1) is 35.5. The van der Waals surface area contributed by atoms with Crippen molar-refractivity contribution in [2.45, 2.75) is 0 Å². The van der Waals surface area contributed by atoms with Crippen molar-refractivity contribution >= 4 is 43.6 Å². The number of hydrogen-bond acceptors (Lipinski definition) is 3.